The van der Waals surface area contributed by atoms with Crippen LogP contribution in [0.15, 0.2) is 41.4 Å². The van der Waals surface area contributed by atoms with E-state index in [0.29, 0.717) is 32.4 Å². The second kappa shape index (κ2) is 7.69. The fraction of sp³-hybridized carbons (Fsp3) is 0.222. The van der Waals surface area contributed by atoms with Crippen LogP contribution in [0.3, 0.4) is 0 Å². The van der Waals surface area contributed by atoms with Gasteiger partial charge in [0.15, 0.2) is 0 Å². The maximum atomic E-state index is 10.9. The fourth-order valence-corrected chi connectivity index (χ4v) is 2.74. The van der Waals surface area contributed by atoms with Gasteiger partial charge in [-0.1, -0.05) is 35.3 Å². The van der Waals surface area contributed by atoms with E-state index in [0.717, 1.165) is 0 Å². The molecule has 6 heteroatoms. The van der Waals surface area contributed by atoms with E-state index in [1.165, 1.54) is 0 Å². The third kappa shape index (κ3) is 4.49. The molecule has 0 saturated carbocycles. The lowest BCUT2D eigenvalue weighted by Crippen LogP contribution is -2.13. The highest BCUT2D eigenvalue weighted by molar-refractivity contribution is 6.32. The van der Waals surface area contributed by atoms with Crippen molar-refractivity contribution in [3.63, 3.8) is 0 Å². The van der Waals surface area contributed by atoms with Gasteiger partial charge in [-0.15, -0.1) is 0 Å². The van der Waals surface area contributed by atoms with Crippen LogP contribution in [-0.2, 0) is 4.79 Å². The van der Waals surface area contributed by atoms with E-state index in [1.807, 2.05) is 0 Å². The minimum atomic E-state index is -0.937. The van der Waals surface area contributed by atoms with Gasteiger partial charge in [0.25, 0.3) is 0 Å². The zero-order valence-electron chi connectivity index (χ0n) is 13.3. The summed E-state index contributed by atoms with van der Waals surface area (Å²) in [5, 5.41) is 20.4. The van der Waals surface area contributed by atoms with Gasteiger partial charge in [0, 0.05) is 21.2 Å². The molecule has 0 heterocycles. The van der Waals surface area contributed by atoms with Crippen LogP contribution in [0.5, 0.6) is 5.75 Å². The lowest BCUT2D eigenvalue weighted by Gasteiger charge is -2.14. The zero-order chi connectivity index (χ0) is 17.9. The Bertz CT molecular complexity index is 786. The van der Waals surface area contributed by atoms with Crippen molar-refractivity contribution in [2.45, 2.75) is 26.3 Å². The molecule has 0 fully saturated rings. The molecule has 0 aliphatic heterocycles. The number of phenols is 1. The molecule has 0 bridgehead atoms. The van der Waals surface area contributed by atoms with Gasteiger partial charge < -0.3 is 10.2 Å². The van der Waals surface area contributed by atoms with E-state index in [1.54, 1.807) is 50.2 Å². The summed E-state index contributed by atoms with van der Waals surface area (Å²) in [7, 11) is 0. The van der Waals surface area contributed by atoms with Crippen LogP contribution >= 0.6 is 23.2 Å². The van der Waals surface area contributed by atoms with E-state index in [4.69, 9.17) is 28.3 Å². The van der Waals surface area contributed by atoms with Crippen molar-refractivity contribution in [3.8, 4) is 5.75 Å². The number of carboxylic acid groups (broad SMARTS) is 1. The minimum absolute atomic E-state index is 0.0654. The second-order valence-electron chi connectivity index (χ2n) is 5.55. The molecule has 0 saturated heterocycles. The molecule has 2 N–H and O–H groups in total. The number of aromatic hydroxyl groups is 1. The molecule has 4 nitrogen and oxygen atoms in total. The van der Waals surface area contributed by atoms with Crippen molar-refractivity contribution < 1.29 is 15.0 Å². The molecule has 2 aromatic carbocycles. The summed E-state index contributed by atoms with van der Waals surface area (Å²) in [4.78, 5) is 15.4. The summed E-state index contributed by atoms with van der Waals surface area (Å²) >= 11 is 12.0. The molecule has 24 heavy (non-hydrogen) atoms. The molecule has 2 rings (SSSR count). The Labute approximate surface area is 150 Å². The highest BCUT2D eigenvalue weighted by Crippen LogP contribution is 2.29. The molecule has 0 aliphatic rings. The number of benzene rings is 2. The quantitative estimate of drug-likeness (QED) is 0.753. The Balaban J connectivity index is 2.61. The van der Waals surface area contributed by atoms with Gasteiger partial charge in [-0.2, -0.15) is 0 Å². The van der Waals surface area contributed by atoms with E-state index in [2.05, 4.69) is 4.99 Å². The first-order chi connectivity index (χ1) is 11.3. The summed E-state index contributed by atoms with van der Waals surface area (Å²) in [6, 6.07) is 9.76. The molecule has 2 aromatic rings. The number of carboxylic acids is 1. The second-order valence-corrected chi connectivity index (χ2v) is 6.42. The summed E-state index contributed by atoms with van der Waals surface area (Å²) in [6.07, 6.45) is -0.114. The summed E-state index contributed by atoms with van der Waals surface area (Å²) in [6.45, 7) is 3.45. The number of rotatable bonds is 5. The highest BCUT2D eigenvalue weighted by atomic mass is 35.5. The average Bonchev–Trinajstić information content (AvgIpc) is 2.49. The van der Waals surface area contributed by atoms with E-state index in [9.17, 15) is 9.90 Å². The Kier molecular flexibility index (Phi) is 5.86. The molecule has 0 aromatic heterocycles. The largest absolute Gasteiger partial charge is 0.507 e. The zero-order valence-corrected chi connectivity index (χ0v) is 14.8. The Morgan fingerprint density at radius 1 is 1.17 bits per heavy atom. The van der Waals surface area contributed by atoms with E-state index < -0.39 is 12.0 Å². The fourth-order valence-electron chi connectivity index (χ4n) is 2.34. The highest BCUT2D eigenvalue weighted by Gasteiger charge is 2.17. The van der Waals surface area contributed by atoms with Gasteiger partial charge in [-0.05, 0) is 43.7 Å². The van der Waals surface area contributed by atoms with Crippen molar-refractivity contribution in [3.05, 3.63) is 63.1 Å². The SMILES string of the molecule is Cc1cc(Cl)cc(C(=NC(C)CC(=O)O)c2ccc(Cl)cc2)c1O. The number of phenolic OH excluding ortho intramolecular Hbond substituents is 1. The van der Waals surface area contributed by atoms with Gasteiger partial charge >= 0.3 is 5.97 Å². The first-order valence-corrected chi connectivity index (χ1v) is 8.08. The normalized spacial score (nSPS) is 12.9. The lowest BCUT2D eigenvalue weighted by molar-refractivity contribution is -0.137. The van der Waals surface area contributed by atoms with Crippen LogP contribution < -0.4 is 0 Å². The molecule has 126 valence electrons. The van der Waals surface area contributed by atoms with Gasteiger partial charge in [0.1, 0.15) is 5.75 Å². The number of nitrogens with zero attached hydrogens (tertiary/aromatic N) is 1. The molecular formula is C18H17Cl2NO3. The maximum Gasteiger partial charge on any atom is 0.305 e. The van der Waals surface area contributed by atoms with Crippen LogP contribution in [0.2, 0.25) is 10.0 Å². The number of carbonyl (C=O) groups is 1. The molecule has 0 radical (unpaired) electrons. The number of aliphatic carboxylic acids is 1. The summed E-state index contributed by atoms with van der Waals surface area (Å²) < 4.78 is 0. The Morgan fingerprint density at radius 2 is 1.79 bits per heavy atom. The van der Waals surface area contributed by atoms with E-state index >= 15 is 0 Å². The molecule has 0 amide bonds. The summed E-state index contributed by atoms with van der Waals surface area (Å²) in [5.41, 5.74) is 2.27. The number of aliphatic imine (C=N–C) groups is 1. The van der Waals surface area contributed by atoms with Crippen LogP contribution in [0.1, 0.15) is 30.0 Å². The van der Waals surface area contributed by atoms with Gasteiger partial charge in [-0.25, -0.2) is 0 Å². The third-order valence-corrected chi connectivity index (χ3v) is 3.93. The summed E-state index contributed by atoms with van der Waals surface area (Å²) in [5.74, 6) is -0.871. The first-order valence-electron chi connectivity index (χ1n) is 7.33. The third-order valence-electron chi connectivity index (χ3n) is 3.46. The van der Waals surface area contributed by atoms with Crippen LogP contribution in [0, 0.1) is 6.92 Å². The minimum Gasteiger partial charge on any atom is -0.507 e. The lowest BCUT2D eigenvalue weighted by atomic mass is 9.98. The predicted octanol–water partition coefficient (Wildman–Crippen LogP) is 4.71. The smallest absolute Gasteiger partial charge is 0.305 e. The standard InChI is InChI=1S/C18H17Cl2NO3/c1-10-7-14(20)9-15(18(10)24)17(21-11(2)8-16(22)23)12-3-5-13(19)6-4-12/h3-7,9,11,24H,8H2,1-2H3,(H,22,23). The topological polar surface area (TPSA) is 69.9 Å². The van der Waals surface area contributed by atoms with Crippen LogP contribution in [0.4, 0.5) is 0 Å². The Hall–Kier alpha value is -2.04. The van der Waals surface area contributed by atoms with Crippen LogP contribution in [-0.4, -0.2) is 27.9 Å². The van der Waals surface area contributed by atoms with Crippen molar-refractivity contribution in [1.29, 1.82) is 0 Å². The molecular weight excluding hydrogens is 349 g/mol. The van der Waals surface area contributed by atoms with Crippen LogP contribution in [0.25, 0.3) is 0 Å². The number of hydrogen-bond acceptors (Lipinski definition) is 3. The molecule has 0 aliphatic carbocycles. The number of aryl methyl sites for hydroxylation is 1. The van der Waals surface area contributed by atoms with Gasteiger partial charge in [0.05, 0.1) is 18.2 Å². The van der Waals surface area contributed by atoms with E-state index in [-0.39, 0.29) is 12.2 Å². The van der Waals surface area contributed by atoms with Crippen molar-refractivity contribution >= 4 is 34.9 Å². The number of hydrogen-bond donors (Lipinski definition) is 2. The monoisotopic (exact) mass is 365 g/mol. The molecule has 0 spiro atoms. The van der Waals surface area contributed by atoms with Crippen molar-refractivity contribution in [2.24, 2.45) is 4.99 Å². The molecule has 1 atom stereocenters. The van der Waals surface area contributed by atoms with Gasteiger partial charge in [-0.3, -0.25) is 9.79 Å². The predicted molar refractivity (Wildman–Crippen MR) is 96.7 cm³/mol. The first kappa shape index (κ1) is 18.3. The Morgan fingerprint density at radius 3 is 2.38 bits per heavy atom. The number of halogens is 2. The van der Waals surface area contributed by atoms with Gasteiger partial charge in [0.2, 0.25) is 0 Å². The molecule has 1 unspecified atom stereocenters. The van der Waals surface area contributed by atoms with Crippen molar-refractivity contribution in [2.75, 3.05) is 0 Å². The average molecular weight is 366 g/mol. The maximum absolute atomic E-state index is 10.9. The van der Waals surface area contributed by atoms with Crippen molar-refractivity contribution in [1.82, 2.24) is 0 Å².